The number of carbonyl (C=O) groups excluding carboxylic acids is 2. The number of anilines is 2. The molecule has 0 aliphatic carbocycles. The van der Waals surface area contributed by atoms with Gasteiger partial charge in [-0.05, 0) is 36.8 Å². The minimum absolute atomic E-state index is 0.173. The van der Waals surface area contributed by atoms with Crippen molar-refractivity contribution in [2.45, 2.75) is 11.3 Å². The lowest BCUT2D eigenvalue weighted by atomic mass is 10.1. The van der Waals surface area contributed by atoms with Gasteiger partial charge in [0, 0.05) is 16.3 Å². The minimum atomic E-state index is -0.237. The Bertz CT molecular complexity index is 977. The lowest BCUT2D eigenvalue weighted by Gasteiger charge is -2.04. The van der Waals surface area contributed by atoms with E-state index in [0.29, 0.717) is 25.7 Å². The second kappa shape index (κ2) is 8.98. The number of nitrogens with one attached hydrogen (secondary N) is 2. The molecule has 3 aromatic rings. The lowest BCUT2D eigenvalue weighted by Crippen LogP contribution is -2.13. The van der Waals surface area contributed by atoms with Crippen LogP contribution in [0.5, 0.6) is 0 Å². The van der Waals surface area contributed by atoms with Crippen molar-refractivity contribution in [2.24, 2.45) is 0 Å². The van der Waals surface area contributed by atoms with Gasteiger partial charge in [0.15, 0.2) is 4.34 Å². The highest BCUT2D eigenvalue weighted by Crippen LogP contribution is 2.26. The summed E-state index contributed by atoms with van der Waals surface area (Å²) in [6.07, 6.45) is 0. The quantitative estimate of drug-likeness (QED) is 0.455. The second-order valence-electron chi connectivity index (χ2n) is 5.49. The van der Waals surface area contributed by atoms with Crippen LogP contribution in [0.25, 0.3) is 0 Å². The highest BCUT2D eigenvalue weighted by atomic mass is 35.5. The maximum Gasteiger partial charge on any atom is 0.257 e. The molecule has 0 radical (unpaired) electrons. The number of hydrogen-bond acceptors (Lipinski definition) is 6. The van der Waals surface area contributed by atoms with E-state index in [1.54, 1.807) is 30.3 Å². The van der Waals surface area contributed by atoms with Crippen molar-refractivity contribution in [1.29, 1.82) is 0 Å². The van der Waals surface area contributed by atoms with E-state index < -0.39 is 0 Å². The van der Waals surface area contributed by atoms with Gasteiger partial charge in [0.25, 0.3) is 5.91 Å². The van der Waals surface area contributed by atoms with Gasteiger partial charge < -0.3 is 5.32 Å². The summed E-state index contributed by atoms with van der Waals surface area (Å²) in [6, 6.07) is 14.2. The molecule has 0 atom stereocenters. The summed E-state index contributed by atoms with van der Waals surface area (Å²) in [5, 5.41) is 14.4. The van der Waals surface area contributed by atoms with Crippen molar-refractivity contribution >= 4 is 57.3 Å². The number of nitrogens with zero attached hydrogens (tertiary/aromatic N) is 2. The van der Waals surface area contributed by atoms with Gasteiger partial charge in [0.2, 0.25) is 11.0 Å². The van der Waals surface area contributed by atoms with Crippen LogP contribution in [-0.2, 0) is 4.79 Å². The van der Waals surface area contributed by atoms with E-state index in [2.05, 4.69) is 20.8 Å². The number of thioether (sulfide) groups is 1. The van der Waals surface area contributed by atoms with E-state index in [9.17, 15) is 9.59 Å². The average molecular weight is 419 g/mol. The Morgan fingerprint density at radius 1 is 1.11 bits per heavy atom. The van der Waals surface area contributed by atoms with Gasteiger partial charge in [0.05, 0.1) is 5.75 Å². The number of rotatable bonds is 6. The molecule has 0 saturated heterocycles. The fraction of sp³-hybridized carbons (Fsp3) is 0.111. The maximum absolute atomic E-state index is 12.3. The predicted molar refractivity (Wildman–Crippen MR) is 110 cm³/mol. The van der Waals surface area contributed by atoms with Crippen LogP contribution in [0.2, 0.25) is 5.02 Å². The summed E-state index contributed by atoms with van der Waals surface area (Å²) in [4.78, 5) is 24.3. The average Bonchev–Trinajstić information content (AvgIpc) is 3.08. The van der Waals surface area contributed by atoms with E-state index in [1.807, 2.05) is 25.1 Å². The molecule has 2 N–H and O–H groups in total. The Hall–Kier alpha value is -2.42. The number of aryl methyl sites for hydroxylation is 1. The minimum Gasteiger partial charge on any atom is -0.325 e. The molecule has 0 spiro atoms. The molecule has 0 fully saturated rings. The molecule has 0 unspecified atom stereocenters. The zero-order valence-electron chi connectivity index (χ0n) is 14.2. The van der Waals surface area contributed by atoms with E-state index >= 15 is 0 Å². The molecule has 2 amide bonds. The van der Waals surface area contributed by atoms with Gasteiger partial charge in [-0.25, -0.2) is 0 Å². The molecule has 9 heteroatoms. The topological polar surface area (TPSA) is 84.0 Å². The van der Waals surface area contributed by atoms with Crippen molar-refractivity contribution in [1.82, 2.24) is 10.2 Å². The fourth-order valence-corrected chi connectivity index (χ4v) is 3.94. The van der Waals surface area contributed by atoms with Crippen LogP contribution in [0, 0.1) is 6.92 Å². The van der Waals surface area contributed by atoms with Crippen LogP contribution >= 0.6 is 34.7 Å². The van der Waals surface area contributed by atoms with Gasteiger partial charge in [-0.3, -0.25) is 14.9 Å². The standard InChI is InChI=1S/C18H15ClN4O2S2/c1-11-5-2-3-8-14(11)16(25)21-17-22-23-18(27-17)26-10-15(24)20-13-7-4-6-12(19)9-13/h2-9H,10H2,1H3,(H,20,24)(H,21,22,25). The number of halogens is 1. The van der Waals surface area contributed by atoms with Crippen LogP contribution in [0.15, 0.2) is 52.9 Å². The van der Waals surface area contributed by atoms with Gasteiger partial charge in [-0.2, -0.15) is 0 Å². The predicted octanol–water partition coefficient (Wildman–Crippen LogP) is 4.48. The molecular formula is C18H15ClN4O2S2. The smallest absolute Gasteiger partial charge is 0.257 e. The summed E-state index contributed by atoms with van der Waals surface area (Å²) in [5.41, 5.74) is 2.10. The molecule has 1 aromatic heterocycles. The maximum atomic E-state index is 12.3. The van der Waals surface area contributed by atoms with Crippen molar-refractivity contribution < 1.29 is 9.59 Å². The van der Waals surface area contributed by atoms with Gasteiger partial charge in [-0.15, -0.1) is 10.2 Å². The lowest BCUT2D eigenvalue weighted by molar-refractivity contribution is -0.113. The summed E-state index contributed by atoms with van der Waals surface area (Å²) in [6.45, 7) is 1.87. The highest BCUT2D eigenvalue weighted by molar-refractivity contribution is 8.01. The Kier molecular flexibility index (Phi) is 6.44. The normalized spacial score (nSPS) is 10.4. The van der Waals surface area contributed by atoms with Crippen molar-refractivity contribution in [3.63, 3.8) is 0 Å². The van der Waals surface area contributed by atoms with E-state index in [0.717, 1.165) is 5.56 Å². The van der Waals surface area contributed by atoms with Crippen LogP contribution in [0.1, 0.15) is 15.9 Å². The number of aromatic nitrogens is 2. The van der Waals surface area contributed by atoms with Crippen molar-refractivity contribution in [3.05, 3.63) is 64.7 Å². The van der Waals surface area contributed by atoms with E-state index in [1.165, 1.54) is 23.1 Å². The van der Waals surface area contributed by atoms with E-state index in [-0.39, 0.29) is 17.6 Å². The zero-order chi connectivity index (χ0) is 19.2. The number of hydrogen-bond donors (Lipinski definition) is 2. The third-order valence-electron chi connectivity index (χ3n) is 3.45. The molecule has 0 aliphatic heterocycles. The van der Waals surface area contributed by atoms with Crippen molar-refractivity contribution in [3.8, 4) is 0 Å². The molecule has 0 saturated carbocycles. The molecule has 0 aliphatic rings. The number of amides is 2. The Balaban J connectivity index is 1.53. The first-order chi connectivity index (χ1) is 13.0. The summed E-state index contributed by atoms with van der Waals surface area (Å²) in [7, 11) is 0. The third-order valence-corrected chi connectivity index (χ3v) is 5.66. The largest absolute Gasteiger partial charge is 0.325 e. The monoisotopic (exact) mass is 418 g/mol. The van der Waals surface area contributed by atoms with Gasteiger partial charge >= 0.3 is 0 Å². The summed E-state index contributed by atoms with van der Waals surface area (Å²) < 4.78 is 0.594. The first kappa shape index (κ1) is 19.3. The number of carbonyl (C=O) groups is 2. The Morgan fingerprint density at radius 2 is 1.93 bits per heavy atom. The van der Waals surface area contributed by atoms with Crippen LogP contribution in [0.3, 0.4) is 0 Å². The van der Waals surface area contributed by atoms with Crippen LogP contribution in [0.4, 0.5) is 10.8 Å². The first-order valence-electron chi connectivity index (χ1n) is 7.90. The SMILES string of the molecule is Cc1ccccc1C(=O)Nc1nnc(SCC(=O)Nc2cccc(Cl)c2)s1. The molecule has 138 valence electrons. The molecule has 1 heterocycles. The third kappa shape index (κ3) is 5.53. The highest BCUT2D eigenvalue weighted by Gasteiger charge is 2.13. The van der Waals surface area contributed by atoms with Gasteiger partial charge in [-0.1, -0.05) is 59.0 Å². The Morgan fingerprint density at radius 3 is 2.70 bits per heavy atom. The van der Waals surface area contributed by atoms with Gasteiger partial charge in [0.1, 0.15) is 0 Å². The zero-order valence-corrected chi connectivity index (χ0v) is 16.6. The van der Waals surface area contributed by atoms with E-state index in [4.69, 9.17) is 11.6 Å². The van der Waals surface area contributed by atoms with Crippen LogP contribution < -0.4 is 10.6 Å². The van der Waals surface area contributed by atoms with Crippen LogP contribution in [-0.4, -0.2) is 27.8 Å². The molecule has 3 rings (SSSR count). The number of benzene rings is 2. The molecule has 6 nitrogen and oxygen atoms in total. The first-order valence-corrected chi connectivity index (χ1v) is 10.1. The molecule has 2 aromatic carbocycles. The fourth-order valence-electron chi connectivity index (χ4n) is 2.20. The summed E-state index contributed by atoms with van der Waals surface area (Å²) >= 11 is 8.36. The van der Waals surface area contributed by atoms with Crippen molar-refractivity contribution in [2.75, 3.05) is 16.4 Å². The second-order valence-corrected chi connectivity index (χ2v) is 8.13. The summed E-state index contributed by atoms with van der Waals surface area (Å²) in [5.74, 6) is -0.241. The molecular weight excluding hydrogens is 404 g/mol. The molecule has 0 bridgehead atoms. The molecule has 27 heavy (non-hydrogen) atoms. The Labute approximate surface area is 169 Å².